The molecule has 1 heterocycles. The molecule has 1 saturated heterocycles. The number of methoxy groups -OCH3 is 1. The molecule has 1 aromatic carbocycles. The molecule has 1 aliphatic rings. The number of ether oxygens (including phenoxy) is 2. The normalized spacial score (nSPS) is 21.2. The summed E-state index contributed by atoms with van der Waals surface area (Å²) in [5.74, 6) is 0.918. The zero-order valence-electron chi connectivity index (χ0n) is 11.8. The highest BCUT2D eigenvalue weighted by atomic mass is 16.5. The van der Waals surface area contributed by atoms with Crippen molar-refractivity contribution < 1.29 is 9.47 Å². The number of piperidine rings is 1. The Morgan fingerprint density at radius 2 is 2.21 bits per heavy atom. The fraction of sp³-hybridized carbons (Fsp3) is 0.600. The van der Waals surface area contributed by atoms with Gasteiger partial charge < -0.3 is 20.1 Å². The first-order chi connectivity index (χ1) is 9.20. The van der Waals surface area contributed by atoms with Crippen molar-refractivity contribution in [3.8, 4) is 5.75 Å². The molecule has 0 saturated carbocycles. The molecule has 106 valence electrons. The number of rotatable bonds is 5. The average molecular weight is 264 g/mol. The van der Waals surface area contributed by atoms with Gasteiger partial charge in [-0.15, -0.1) is 0 Å². The van der Waals surface area contributed by atoms with Gasteiger partial charge in [0.25, 0.3) is 0 Å². The van der Waals surface area contributed by atoms with E-state index in [1.54, 1.807) is 7.11 Å². The minimum absolute atomic E-state index is 0.0459. The van der Waals surface area contributed by atoms with Crippen LogP contribution in [0.15, 0.2) is 24.3 Å². The highest BCUT2D eigenvalue weighted by Crippen LogP contribution is 2.30. The van der Waals surface area contributed by atoms with Crippen LogP contribution in [0.1, 0.15) is 19.8 Å². The highest BCUT2D eigenvalue weighted by Gasteiger charge is 2.20. The molecular formula is C15H24N2O2. The molecule has 0 radical (unpaired) electrons. The summed E-state index contributed by atoms with van der Waals surface area (Å²) >= 11 is 0. The topological polar surface area (TPSA) is 47.7 Å². The summed E-state index contributed by atoms with van der Waals surface area (Å²) in [5, 5.41) is 0. The van der Waals surface area contributed by atoms with Gasteiger partial charge in [-0.3, -0.25) is 0 Å². The zero-order valence-corrected chi connectivity index (χ0v) is 11.8. The summed E-state index contributed by atoms with van der Waals surface area (Å²) in [4.78, 5) is 2.32. The van der Waals surface area contributed by atoms with Crippen molar-refractivity contribution in [3.05, 3.63) is 24.3 Å². The van der Waals surface area contributed by atoms with Gasteiger partial charge in [0.05, 0.1) is 12.3 Å². The SMILES string of the molecule is COCC(C)Oc1ccccc1N1CCCC(N)C1. The molecule has 2 rings (SSSR count). The van der Waals surface area contributed by atoms with Crippen LogP contribution in [-0.4, -0.2) is 39.0 Å². The van der Waals surface area contributed by atoms with E-state index in [2.05, 4.69) is 11.0 Å². The standard InChI is InChI=1S/C15H24N2O2/c1-12(11-18-2)19-15-8-4-3-7-14(15)17-9-5-6-13(16)10-17/h3-4,7-8,12-13H,5-6,9-11,16H2,1-2H3. The van der Waals surface area contributed by atoms with E-state index in [-0.39, 0.29) is 12.1 Å². The number of benzene rings is 1. The molecule has 0 spiro atoms. The summed E-state index contributed by atoms with van der Waals surface area (Å²) < 4.78 is 11.1. The predicted octanol–water partition coefficient (Wildman–Crippen LogP) is 2.03. The van der Waals surface area contributed by atoms with Gasteiger partial charge in [-0.2, -0.15) is 0 Å². The molecule has 2 atom stereocenters. The van der Waals surface area contributed by atoms with Gasteiger partial charge in [-0.1, -0.05) is 12.1 Å². The quantitative estimate of drug-likeness (QED) is 0.884. The average Bonchev–Trinajstić information content (AvgIpc) is 2.39. The van der Waals surface area contributed by atoms with Crippen molar-refractivity contribution in [1.29, 1.82) is 0 Å². The Balaban J connectivity index is 2.11. The zero-order chi connectivity index (χ0) is 13.7. The Morgan fingerprint density at radius 3 is 2.95 bits per heavy atom. The molecule has 4 heteroatoms. The van der Waals surface area contributed by atoms with Crippen molar-refractivity contribution in [2.24, 2.45) is 5.73 Å². The Labute approximate surface area is 115 Å². The minimum Gasteiger partial charge on any atom is -0.486 e. The van der Waals surface area contributed by atoms with Crippen LogP contribution in [0.5, 0.6) is 5.75 Å². The van der Waals surface area contributed by atoms with Crippen LogP contribution in [0.3, 0.4) is 0 Å². The first-order valence-electron chi connectivity index (χ1n) is 6.96. The second-order valence-electron chi connectivity index (χ2n) is 5.20. The van der Waals surface area contributed by atoms with Crippen LogP contribution in [0.2, 0.25) is 0 Å². The van der Waals surface area contributed by atoms with Crippen molar-refractivity contribution in [2.75, 3.05) is 31.7 Å². The van der Waals surface area contributed by atoms with Gasteiger partial charge in [0, 0.05) is 26.2 Å². The summed E-state index contributed by atoms with van der Waals surface area (Å²) in [5.41, 5.74) is 7.20. The molecule has 1 aromatic rings. The van der Waals surface area contributed by atoms with E-state index in [9.17, 15) is 0 Å². The van der Waals surface area contributed by atoms with E-state index in [4.69, 9.17) is 15.2 Å². The van der Waals surface area contributed by atoms with E-state index in [0.29, 0.717) is 6.61 Å². The smallest absolute Gasteiger partial charge is 0.143 e. The summed E-state index contributed by atoms with van der Waals surface area (Å²) in [6.07, 6.45) is 2.30. The van der Waals surface area contributed by atoms with Crippen LogP contribution >= 0.6 is 0 Å². The lowest BCUT2D eigenvalue weighted by Gasteiger charge is -2.34. The fourth-order valence-electron chi connectivity index (χ4n) is 2.53. The molecule has 0 bridgehead atoms. The molecule has 1 fully saturated rings. The Kier molecular flexibility index (Phi) is 5.05. The molecule has 4 nitrogen and oxygen atoms in total. The van der Waals surface area contributed by atoms with Gasteiger partial charge in [-0.25, -0.2) is 0 Å². The number of hydrogen-bond acceptors (Lipinski definition) is 4. The minimum atomic E-state index is 0.0459. The van der Waals surface area contributed by atoms with Crippen molar-refractivity contribution in [2.45, 2.75) is 31.9 Å². The van der Waals surface area contributed by atoms with E-state index in [0.717, 1.165) is 37.4 Å². The molecule has 0 amide bonds. The van der Waals surface area contributed by atoms with E-state index in [1.807, 2.05) is 25.1 Å². The van der Waals surface area contributed by atoms with E-state index < -0.39 is 0 Å². The first-order valence-corrected chi connectivity index (χ1v) is 6.96. The van der Waals surface area contributed by atoms with Crippen molar-refractivity contribution in [1.82, 2.24) is 0 Å². The fourth-order valence-corrected chi connectivity index (χ4v) is 2.53. The van der Waals surface area contributed by atoms with E-state index >= 15 is 0 Å². The third-order valence-corrected chi connectivity index (χ3v) is 3.39. The molecule has 1 aliphatic heterocycles. The number of nitrogens with zero attached hydrogens (tertiary/aromatic N) is 1. The van der Waals surface area contributed by atoms with Crippen LogP contribution in [-0.2, 0) is 4.74 Å². The van der Waals surface area contributed by atoms with Crippen molar-refractivity contribution in [3.63, 3.8) is 0 Å². The lowest BCUT2D eigenvalue weighted by Crippen LogP contribution is -2.43. The van der Waals surface area contributed by atoms with E-state index in [1.165, 1.54) is 0 Å². The first kappa shape index (κ1) is 14.2. The van der Waals surface area contributed by atoms with Crippen LogP contribution < -0.4 is 15.4 Å². The Hall–Kier alpha value is -1.26. The van der Waals surface area contributed by atoms with Gasteiger partial charge in [-0.05, 0) is 31.9 Å². The largest absolute Gasteiger partial charge is 0.486 e. The second kappa shape index (κ2) is 6.78. The lowest BCUT2D eigenvalue weighted by molar-refractivity contribution is 0.0923. The van der Waals surface area contributed by atoms with Crippen LogP contribution in [0.25, 0.3) is 0 Å². The Bertz CT molecular complexity index is 397. The third-order valence-electron chi connectivity index (χ3n) is 3.39. The van der Waals surface area contributed by atoms with Gasteiger partial charge in [0.15, 0.2) is 0 Å². The Morgan fingerprint density at radius 1 is 1.42 bits per heavy atom. The van der Waals surface area contributed by atoms with Crippen LogP contribution in [0, 0.1) is 0 Å². The molecule has 19 heavy (non-hydrogen) atoms. The molecule has 0 aliphatic carbocycles. The maximum atomic E-state index is 6.06. The number of hydrogen-bond donors (Lipinski definition) is 1. The molecule has 0 aromatic heterocycles. The summed E-state index contributed by atoms with van der Waals surface area (Å²) in [6.45, 7) is 4.56. The number of anilines is 1. The molecular weight excluding hydrogens is 240 g/mol. The van der Waals surface area contributed by atoms with Crippen molar-refractivity contribution >= 4 is 5.69 Å². The summed E-state index contributed by atoms with van der Waals surface area (Å²) in [7, 11) is 1.69. The molecule has 2 N–H and O–H groups in total. The second-order valence-corrected chi connectivity index (χ2v) is 5.20. The maximum absolute atomic E-state index is 6.06. The molecule has 2 unspecified atom stereocenters. The summed E-state index contributed by atoms with van der Waals surface area (Å²) in [6, 6.07) is 8.43. The lowest BCUT2D eigenvalue weighted by atomic mass is 10.1. The third kappa shape index (κ3) is 3.85. The number of para-hydroxylation sites is 2. The van der Waals surface area contributed by atoms with Crippen LogP contribution in [0.4, 0.5) is 5.69 Å². The van der Waals surface area contributed by atoms with Gasteiger partial charge >= 0.3 is 0 Å². The monoisotopic (exact) mass is 264 g/mol. The van der Waals surface area contributed by atoms with Gasteiger partial charge in [0.1, 0.15) is 11.9 Å². The number of nitrogens with two attached hydrogens (primary N) is 1. The van der Waals surface area contributed by atoms with Gasteiger partial charge in [0.2, 0.25) is 0 Å². The maximum Gasteiger partial charge on any atom is 0.143 e. The highest BCUT2D eigenvalue weighted by molar-refractivity contribution is 5.58. The predicted molar refractivity (Wildman–Crippen MR) is 77.8 cm³/mol.